The summed E-state index contributed by atoms with van der Waals surface area (Å²) in [4.78, 5) is 0. The highest BCUT2D eigenvalue weighted by atomic mass is 14.3. The minimum Gasteiger partial charge on any atom is -0.0955 e. The van der Waals surface area contributed by atoms with Crippen molar-refractivity contribution in [3.05, 3.63) is 120 Å². The van der Waals surface area contributed by atoms with E-state index in [1.165, 1.54) is 35.1 Å². The van der Waals surface area contributed by atoms with Crippen molar-refractivity contribution in [3.63, 3.8) is 0 Å². The Morgan fingerprint density at radius 3 is 2.61 bits per heavy atom. The van der Waals surface area contributed by atoms with Crippen molar-refractivity contribution in [1.29, 1.82) is 0 Å². The first-order valence-corrected chi connectivity index (χ1v) is 12.9. The van der Waals surface area contributed by atoms with Gasteiger partial charge in [-0.25, -0.2) is 0 Å². The van der Waals surface area contributed by atoms with Gasteiger partial charge < -0.3 is 0 Å². The van der Waals surface area contributed by atoms with Gasteiger partial charge in [-0.1, -0.05) is 109 Å². The highest BCUT2D eigenvalue weighted by molar-refractivity contribution is 5.46. The third-order valence-corrected chi connectivity index (χ3v) is 7.00. The van der Waals surface area contributed by atoms with Gasteiger partial charge >= 0.3 is 0 Å². The van der Waals surface area contributed by atoms with Gasteiger partial charge in [-0.3, -0.25) is 0 Å². The number of fused-ring (bicyclic) bond motifs is 2. The van der Waals surface area contributed by atoms with Gasteiger partial charge in [0.05, 0.1) is 0 Å². The van der Waals surface area contributed by atoms with E-state index in [1.54, 1.807) is 0 Å². The molecule has 0 saturated carbocycles. The summed E-state index contributed by atoms with van der Waals surface area (Å²) < 4.78 is 0. The molecular weight excluding hydrogens is 396 g/mol. The average molecular weight is 439 g/mol. The average Bonchev–Trinajstić information content (AvgIpc) is 2.88. The zero-order valence-corrected chi connectivity index (χ0v) is 20.8. The van der Waals surface area contributed by atoms with E-state index >= 15 is 0 Å². The maximum atomic E-state index is 4.44. The topological polar surface area (TPSA) is 0 Å². The molecule has 3 unspecified atom stereocenters. The Balaban J connectivity index is 1.78. The van der Waals surface area contributed by atoms with Crippen molar-refractivity contribution >= 4 is 0 Å². The van der Waals surface area contributed by atoms with Crippen LogP contribution in [-0.4, -0.2) is 0 Å². The summed E-state index contributed by atoms with van der Waals surface area (Å²) in [5.41, 5.74) is 5.74. The monoisotopic (exact) mass is 438 g/mol. The molecule has 0 N–H and O–H groups in total. The molecule has 3 rings (SSSR count). The molecule has 0 aliphatic heterocycles. The first-order valence-electron chi connectivity index (χ1n) is 12.9. The van der Waals surface area contributed by atoms with Gasteiger partial charge in [-0.05, 0) is 82.3 Å². The molecule has 0 heterocycles. The molecule has 0 saturated heterocycles. The number of hydrogen-bond acceptors (Lipinski definition) is 0. The second kappa shape index (κ2) is 13.8. The molecule has 0 spiro atoms. The summed E-state index contributed by atoms with van der Waals surface area (Å²) in [6.45, 7) is 8.68. The molecule has 0 aromatic carbocycles. The quantitative estimate of drug-likeness (QED) is 0.296. The van der Waals surface area contributed by atoms with Crippen molar-refractivity contribution in [1.82, 2.24) is 0 Å². The van der Waals surface area contributed by atoms with Gasteiger partial charge in [-0.2, -0.15) is 0 Å². The molecule has 33 heavy (non-hydrogen) atoms. The largest absolute Gasteiger partial charge is 0.0955 e. The first-order chi connectivity index (χ1) is 16.2. The molecule has 0 fully saturated rings. The van der Waals surface area contributed by atoms with Crippen LogP contribution in [0, 0.1) is 17.8 Å². The predicted octanol–water partition coefficient (Wildman–Crippen LogP) is 9.71. The maximum absolute atomic E-state index is 4.44. The normalized spacial score (nSPS) is 31.3. The van der Waals surface area contributed by atoms with Gasteiger partial charge in [0.25, 0.3) is 0 Å². The van der Waals surface area contributed by atoms with E-state index in [9.17, 15) is 0 Å². The molecule has 0 heteroatoms. The van der Waals surface area contributed by atoms with Crippen LogP contribution in [0.15, 0.2) is 120 Å². The Labute approximate surface area is 203 Å². The smallest absolute Gasteiger partial charge is 0.0121 e. The van der Waals surface area contributed by atoms with E-state index < -0.39 is 0 Å². The third-order valence-electron chi connectivity index (χ3n) is 7.00. The van der Waals surface area contributed by atoms with Crippen LogP contribution in [0.3, 0.4) is 0 Å². The zero-order chi connectivity index (χ0) is 23.3. The van der Waals surface area contributed by atoms with Crippen LogP contribution in [-0.2, 0) is 0 Å². The van der Waals surface area contributed by atoms with Crippen LogP contribution in [0.1, 0.15) is 65.2 Å². The van der Waals surface area contributed by atoms with E-state index in [4.69, 9.17) is 0 Å². The Hall–Kier alpha value is -2.60. The number of rotatable bonds is 5. The summed E-state index contributed by atoms with van der Waals surface area (Å²) >= 11 is 0. The van der Waals surface area contributed by atoms with Crippen LogP contribution in [0.5, 0.6) is 0 Å². The van der Waals surface area contributed by atoms with Gasteiger partial charge in [-0.15, -0.1) is 0 Å². The third kappa shape index (κ3) is 7.74. The second-order valence-corrected chi connectivity index (χ2v) is 9.38. The molecule has 3 aliphatic carbocycles. The molecular formula is C33H42. The van der Waals surface area contributed by atoms with Crippen LogP contribution in [0.2, 0.25) is 0 Å². The predicted molar refractivity (Wildman–Crippen MR) is 147 cm³/mol. The Morgan fingerprint density at radius 2 is 1.76 bits per heavy atom. The lowest BCUT2D eigenvalue weighted by atomic mass is 9.78. The Bertz CT molecular complexity index is 919. The van der Waals surface area contributed by atoms with E-state index in [0.717, 1.165) is 38.5 Å². The van der Waals surface area contributed by atoms with Gasteiger partial charge in [0.15, 0.2) is 0 Å². The minimum absolute atomic E-state index is 0.359. The summed E-state index contributed by atoms with van der Waals surface area (Å²) in [5.74, 6) is 1.32. The van der Waals surface area contributed by atoms with E-state index in [2.05, 4.69) is 112 Å². The van der Waals surface area contributed by atoms with Crippen molar-refractivity contribution in [2.24, 2.45) is 17.8 Å². The lowest BCUT2D eigenvalue weighted by Crippen LogP contribution is -2.14. The summed E-state index contributed by atoms with van der Waals surface area (Å²) in [6.07, 6.45) is 43.9. The van der Waals surface area contributed by atoms with Gasteiger partial charge in [0.2, 0.25) is 0 Å². The van der Waals surface area contributed by atoms with Crippen LogP contribution >= 0.6 is 0 Å². The van der Waals surface area contributed by atoms with Crippen molar-refractivity contribution < 1.29 is 0 Å². The SMILES string of the molecule is C=C1CC/C=C\C2/C=C\C=C/C(CCCC(/C=C\C)=C/C)C/C=C/C=C/C2C2=C1CCC=C2. The Morgan fingerprint density at radius 1 is 0.939 bits per heavy atom. The fourth-order valence-electron chi connectivity index (χ4n) is 5.11. The van der Waals surface area contributed by atoms with E-state index in [-0.39, 0.29) is 0 Å². The summed E-state index contributed by atoms with van der Waals surface area (Å²) in [7, 11) is 0. The highest BCUT2D eigenvalue weighted by Crippen LogP contribution is 2.37. The van der Waals surface area contributed by atoms with Crippen LogP contribution < -0.4 is 0 Å². The molecule has 0 aromatic heterocycles. The molecule has 0 nitrogen and oxygen atoms in total. The number of hydrogen-bond donors (Lipinski definition) is 0. The molecule has 3 aliphatic rings. The van der Waals surface area contributed by atoms with Crippen LogP contribution in [0.4, 0.5) is 0 Å². The highest BCUT2D eigenvalue weighted by Gasteiger charge is 2.23. The summed E-state index contributed by atoms with van der Waals surface area (Å²) in [5, 5.41) is 0. The lowest BCUT2D eigenvalue weighted by Gasteiger charge is -2.26. The molecule has 0 bridgehead atoms. The van der Waals surface area contributed by atoms with E-state index in [0.29, 0.717) is 17.8 Å². The minimum atomic E-state index is 0.359. The first kappa shape index (κ1) is 25.0. The zero-order valence-electron chi connectivity index (χ0n) is 20.8. The molecule has 0 radical (unpaired) electrons. The van der Waals surface area contributed by atoms with Gasteiger partial charge in [0, 0.05) is 11.8 Å². The molecule has 0 aromatic rings. The lowest BCUT2D eigenvalue weighted by molar-refractivity contribution is 0.567. The Kier molecular flexibility index (Phi) is 10.5. The summed E-state index contributed by atoms with van der Waals surface area (Å²) in [6, 6.07) is 0. The van der Waals surface area contributed by atoms with E-state index in [1.807, 2.05) is 0 Å². The van der Waals surface area contributed by atoms with Crippen molar-refractivity contribution in [2.45, 2.75) is 65.2 Å². The molecule has 0 amide bonds. The fraction of sp³-hybridized carbons (Fsp3) is 0.394. The van der Waals surface area contributed by atoms with Crippen molar-refractivity contribution in [2.75, 3.05) is 0 Å². The van der Waals surface area contributed by atoms with Crippen molar-refractivity contribution in [3.8, 4) is 0 Å². The second-order valence-electron chi connectivity index (χ2n) is 9.38. The fourth-order valence-corrected chi connectivity index (χ4v) is 5.11. The molecule has 3 atom stereocenters. The van der Waals surface area contributed by atoms with Crippen LogP contribution in [0.25, 0.3) is 0 Å². The standard InChI is InChI=1S/C33H42/c1-4-16-28(5-2)20-15-21-29-18-7-6-8-25-32-30(23-12-10-19-29)22-11-9-17-27(3)31-24-13-14-26-33(31)32/h4-8,10-12,14,16,19,22-23,25-26,29-30,32H,3,9,13,15,17-18,20-21,24H2,1-2H3/b7-6+,16-4-,19-10-,22-11-,23-12-,25-8+,28-5+. The molecule has 174 valence electrons. The number of allylic oxidation sites excluding steroid dienone is 19. The maximum Gasteiger partial charge on any atom is 0.0121 e. The van der Waals surface area contributed by atoms with Gasteiger partial charge in [0.1, 0.15) is 0 Å².